The predicted octanol–water partition coefficient (Wildman–Crippen LogP) is 0.638. The van der Waals surface area contributed by atoms with E-state index in [1.165, 1.54) is 11.8 Å². The minimum atomic E-state index is -0.780. The summed E-state index contributed by atoms with van der Waals surface area (Å²) in [6.45, 7) is 1.37. The average molecular weight is 264 g/mol. The fourth-order valence-corrected chi connectivity index (χ4v) is 3.26. The molecule has 1 fully saturated rings. The highest BCUT2D eigenvalue weighted by atomic mass is 32.2. The highest BCUT2D eigenvalue weighted by Crippen LogP contribution is 2.37. The molecule has 6 nitrogen and oxygen atoms in total. The average Bonchev–Trinajstić information content (AvgIpc) is 2.69. The van der Waals surface area contributed by atoms with E-state index in [2.05, 4.69) is 15.5 Å². The zero-order chi connectivity index (χ0) is 12.6. The van der Waals surface area contributed by atoms with Crippen LogP contribution in [0.25, 0.3) is 5.65 Å². The molecule has 3 heterocycles. The number of rotatable bonds is 4. The van der Waals surface area contributed by atoms with Crippen LogP contribution in [0.2, 0.25) is 0 Å². The molecule has 0 bridgehead atoms. The van der Waals surface area contributed by atoms with Gasteiger partial charge in [-0.25, -0.2) is 0 Å². The molecule has 0 radical (unpaired) electrons. The Hall–Kier alpha value is -1.60. The van der Waals surface area contributed by atoms with E-state index in [0.29, 0.717) is 13.1 Å². The largest absolute Gasteiger partial charge is 0.481 e. The first-order valence-corrected chi connectivity index (χ1v) is 6.42. The van der Waals surface area contributed by atoms with Gasteiger partial charge < -0.3 is 10.4 Å². The number of pyridine rings is 1. The van der Waals surface area contributed by atoms with Crippen molar-refractivity contribution in [3.8, 4) is 0 Å². The quantitative estimate of drug-likeness (QED) is 0.843. The lowest BCUT2D eigenvalue weighted by molar-refractivity contribution is -0.138. The topological polar surface area (TPSA) is 79.5 Å². The third-order valence-electron chi connectivity index (χ3n) is 2.96. The summed E-state index contributed by atoms with van der Waals surface area (Å²) < 4.78 is 1.58. The van der Waals surface area contributed by atoms with Crippen molar-refractivity contribution in [2.45, 2.75) is 16.3 Å². The first-order valence-electron chi connectivity index (χ1n) is 5.60. The first-order chi connectivity index (χ1) is 8.69. The molecule has 0 unspecified atom stereocenters. The number of thioether (sulfide) groups is 1. The van der Waals surface area contributed by atoms with Crippen molar-refractivity contribution in [3.05, 3.63) is 24.4 Å². The Labute approximate surface area is 107 Å². The van der Waals surface area contributed by atoms with Gasteiger partial charge in [-0.2, -0.15) is 0 Å². The van der Waals surface area contributed by atoms with Crippen molar-refractivity contribution in [1.82, 2.24) is 19.9 Å². The monoisotopic (exact) mass is 264 g/mol. The smallest absolute Gasteiger partial charge is 0.304 e. The van der Waals surface area contributed by atoms with Gasteiger partial charge >= 0.3 is 5.97 Å². The molecule has 18 heavy (non-hydrogen) atoms. The SMILES string of the molecule is O=C(O)CC1(Sc2nnc3ccccn23)CNC1. The van der Waals surface area contributed by atoms with Crippen molar-refractivity contribution in [2.75, 3.05) is 13.1 Å². The normalized spacial score (nSPS) is 17.6. The summed E-state index contributed by atoms with van der Waals surface area (Å²) in [7, 11) is 0. The van der Waals surface area contributed by atoms with E-state index in [4.69, 9.17) is 5.11 Å². The summed E-state index contributed by atoms with van der Waals surface area (Å²) in [5.41, 5.74) is 0.776. The molecule has 1 aliphatic heterocycles. The van der Waals surface area contributed by atoms with Crippen LogP contribution in [0.4, 0.5) is 0 Å². The van der Waals surface area contributed by atoms with Crippen LogP contribution < -0.4 is 5.32 Å². The number of fused-ring (bicyclic) bond motifs is 1. The molecule has 1 aliphatic rings. The number of nitrogens with zero attached hydrogens (tertiary/aromatic N) is 3. The van der Waals surface area contributed by atoms with Gasteiger partial charge in [-0.1, -0.05) is 17.8 Å². The van der Waals surface area contributed by atoms with E-state index in [0.717, 1.165) is 10.8 Å². The molecule has 0 aromatic carbocycles. The number of hydrogen-bond donors (Lipinski definition) is 2. The molecule has 7 heteroatoms. The summed E-state index contributed by atoms with van der Waals surface area (Å²) in [5, 5.41) is 21.0. The summed E-state index contributed by atoms with van der Waals surface area (Å²) >= 11 is 1.49. The Morgan fingerprint density at radius 3 is 3.00 bits per heavy atom. The Bertz CT molecular complexity index is 593. The molecule has 0 aliphatic carbocycles. The fraction of sp³-hybridized carbons (Fsp3) is 0.364. The van der Waals surface area contributed by atoms with Gasteiger partial charge in [0.25, 0.3) is 0 Å². The number of carbonyl (C=O) groups is 1. The van der Waals surface area contributed by atoms with Crippen molar-refractivity contribution < 1.29 is 9.90 Å². The third-order valence-corrected chi connectivity index (χ3v) is 4.28. The molecule has 2 aromatic heterocycles. The van der Waals surface area contributed by atoms with Gasteiger partial charge in [0.2, 0.25) is 0 Å². The van der Waals surface area contributed by atoms with E-state index in [-0.39, 0.29) is 11.2 Å². The van der Waals surface area contributed by atoms with E-state index in [1.54, 1.807) is 0 Å². The number of aromatic nitrogens is 3. The van der Waals surface area contributed by atoms with Crippen LogP contribution in [-0.2, 0) is 4.79 Å². The zero-order valence-electron chi connectivity index (χ0n) is 9.54. The Balaban J connectivity index is 1.89. The summed E-state index contributed by atoms with van der Waals surface area (Å²) in [6.07, 6.45) is 2.02. The molecular weight excluding hydrogens is 252 g/mol. The molecular formula is C11H12N4O2S. The van der Waals surface area contributed by atoms with Gasteiger partial charge in [0, 0.05) is 19.3 Å². The summed E-state index contributed by atoms with van der Waals surface area (Å²) in [6, 6.07) is 5.68. The van der Waals surface area contributed by atoms with Crippen LogP contribution in [0.5, 0.6) is 0 Å². The molecule has 2 N–H and O–H groups in total. The van der Waals surface area contributed by atoms with Crippen LogP contribution >= 0.6 is 11.8 Å². The van der Waals surface area contributed by atoms with Gasteiger partial charge in [0.1, 0.15) is 0 Å². The lowest BCUT2D eigenvalue weighted by Gasteiger charge is -2.40. The Morgan fingerprint density at radius 2 is 2.33 bits per heavy atom. The summed E-state index contributed by atoms with van der Waals surface area (Å²) in [4.78, 5) is 10.9. The van der Waals surface area contributed by atoms with Crippen LogP contribution in [-0.4, -0.2) is 43.5 Å². The van der Waals surface area contributed by atoms with Crippen LogP contribution in [0.3, 0.4) is 0 Å². The van der Waals surface area contributed by atoms with Gasteiger partial charge in [-0.3, -0.25) is 9.20 Å². The summed E-state index contributed by atoms with van der Waals surface area (Å²) in [5.74, 6) is -0.780. The van der Waals surface area contributed by atoms with Gasteiger partial charge in [0.05, 0.1) is 11.2 Å². The van der Waals surface area contributed by atoms with Crippen molar-refractivity contribution in [2.24, 2.45) is 0 Å². The maximum absolute atomic E-state index is 10.9. The Kier molecular flexibility index (Phi) is 2.71. The lowest BCUT2D eigenvalue weighted by atomic mass is 9.98. The third kappa shape index (κ3) is 1.95. The second kappa shape index (κ2) is 4.25. The molecule has 3 rings (SSSR count). The second-order valence-corrected chi connectivity index (χ2v) is 5.81. The van der Waals surface area contributed by atoms with Gasteiger partial charge in [-0.05, 0) is 12.1 Å². The van der Waals surface area contributed by atoms with Crippen molar-refractivity contribution in [3.63, 3.8) is 0 Å². The molecule has 1 saturated heterocycles. The van der Waals surface area contributed by atoms with Gasteiger partial charge in [0.15, 0.2) is 10.8 Å². The molecule has 0 amide bonds. The number of nitrogens with one attached hydrogen (secondary N) is 1. The van der Waals surface area contributed by atoms with Crippen molar-refractivity contribution >= 4 is 23.4 Å². The highest BCUT2D eigenvalue weighted by molar-refractivity contribution is 8.00. The van der Waals surface area contributed by atoms with Crippen molar-refractivity contribution in [1.29, 1.82) is 0 Å². The number of carboxylic acid groups (broad SMARTS) is 1. The molecule has 0 atom stereocenters. The highest BCUT2D eigenvalue weighted by Gasteiger charge is 2.41. The molecule has 2 aromatic rings. The maximum Gasteiger partial charge on any atom is 0.304 e. The van der Waals surface area contributed by atoms with E-state index >= 15 is 0 Å². The Morgan fingerprint density at radius 1 is 1.50 bits per heavy atom. The lowest BCUT2D eigenvalue weighted by Crippen LogP contribution is -2.58. The molecule has 0 saturated carbocycles. The van der Waals surface area contributed by atoms with Gasteiger partial charge in [-0.15, -0.1) is 10.2 Å². The van der Waals surface area contributed by atoms with Crippen LogP contribution in [0.1, 0.15) is 6.42 Å². The predicted molar refractivity (Wildman–Crippen MR) is 66.7 cm³/mol. The minimum Gasteiger partial charge on any atom is -0.481 e. The standard InChI is InChI=1S/C11H12N4O2S/c16-9(17)5-11(6-12-7-11)18-10-14-13-8-3-1-2-4-15(8)10/h1-4,12H,5-7H2,(H,16,17). The van der Waals surface area contributed by atoms with E-state index in [9.17, 15) is 4.79 Å². The van der Waals surface area contributed by atoms with E-state index in [1.807, 2.05) is 28.8 Å². The number of hydrogen-bond acceptors (Lipinski definition) is 5. The zero-order valence-corrected chi connectivity index (χ0v) is 10.4. The first kappa shape index (κ1) is 11.5. The second-order valence-electron chi connectivity index (χ2n) is 4.37. The maximum atomic E-state index is 10.9. The number of aliphatic carboxylic acids is 1. The van der Waals surface area contributed by atoms with Crippen LogP contribution in [0.15, 0.2) is 29.6 Å². The van der Waals surface area contributed by atoms with Crippen LogP contribution in [0, 0.1) is 0 Å². The molecule has 0 spiro atoms. The fourth-order valence-electron chi connectivity index (χ4n) is 2.00. The minimum absolute atomic E-state index is 0.131. The number of carboxylic acids is 1. The van der Waals surface area contributed by atoms with E-state index < -0.39 is 5.97 Å². The molecule has 94 valence electrons.